The molecule has 1 heterocycles. The third-order valence-electron chi connectivity index (χ3n) is 1.77. The quantitative estimate of drug-likeness (QED) is 0.691. The number of nitrogens with one attached hydrogen (secondary N) is 2. The zero-order valence-electron chi connectivity index (χ0n) is 8.18. The summed E-state index contributed by atoms with van der Waals surface area (Å²) in [7, 11) is 0. The summed E-state index contributed by atoms with van der Waals surface area (Å²) in [5, 5.41) is 9.44. The van der Waals surface area contributed by atoms with Gasteiger partial charge in [-0.2, -0.15) is 0 Å². The van der Waals surface area contributed by atoms with Gasteiger partial charge in [0.15, 0.2) is 0 Å². The number of nitrogens with zero attached hydrogens (tertiary/aromatic N) is 2. The Balaban J connectivity index is 1.95. The Bertz CT molecular complexity index is 467. The van der Waals surface area contributed by atoms with Crippen LogP contribution in [-0.4, -0.2) is 15.6 Å². The molecule has 82 valence electrons. The Kier molecular flexibility index (Phi) is 2.97. The van der Waals surface area contributed by atoms with Crippen molar-refractivity contribution >= 4 is 33.9 Å². The predicted octanol–water partition coefficient (Wildman–Crippen LogP) is 1.76. The van der Waals surface area contributed by atoms with E-state index in [0.717, 1.165) is 11.5 Å². The number of rotatable bonds is 2. The van der Waals surface area contributed by atoms with Crippen LogP contribution in [0.5, 0.6) is 0 Å². The van der Waals surface area contributed by atoms with Crippen molar-refractivity contribution in [3.63, 3.8) is 0 Å². The number of nitrogens with two attached hydrogens (primary N) is 1. The van der Waals surface area contributed by atoms with Crippen LogP contribution in [0.25, 0.3) is 0 Å². The minimum atomic E-state index is -0.337. The van der Waals surface area contributed by atoms with Gasteiger partial charge in [-0.25, -0.2) is 4.79 Å². The predicted molar refractivity (Wildman–Crippen MR) is 63.4 cm³/mol. The fraction of sp³-hybridized carbons (Fsp3) is 0. The minimum Gasteiger partial charge on any atom is -0.399 e. The second kappa shape index (κ2) is 4.58. The van der Waals surface area contributed by atoms with Crippen molar-refractivity contribution in [1.82, 2.24) is 9.59 Å². The molecule has 2 rings (SSSR count). The Morgan fingerprint density at radius 2 is 2.00 bits per heavy atom. The minimum absolute atomic E-state index is 0.337. The Morgan fingerprint density at radius 1 is 1.25 bits per heavy atom. The number of urea groups is 1. The molecular formula is C9H9N5OS. The van der Waals surface area contributed by atoms with Crippen LogP contribution in [0, 0.1) is 0 Å². The van der Waals surface area contributed by atoms with Gasteiger partial charge < -0.3 is 11.1 Å². The van der Waals surface area contributed by atoms with Crippen molar-refractivity contribution < 1.29 is 4.79 Å². The molecule has 6 nitrogen and oxygen atoms in total. The van der Waals surface area contributed by atoms with E-state index in [1.165, 1.54) is 6.20 Å². The monoisotopic (exact) mass is 235 g/mol. The molecule has 2 amide bonds. The summed E-state index contributed by atoms with van der Waals surface area (Å²) in [6.07, 6.45) is 1.48. The van der Waals surface area contributed by atoms with Crippen molar-refractivity contribution in [1.29, 1.82) is 0 Å². The molecule has 1 aromatic carbocycles. The molecule has 0 saturated heterocycles. The number of hydrogen-bond acceptors (Lipinski definition) is 5. The number of nitrogen functional groups attached to an aromatic ring is 1. The van der Waals surface area contributed by atoms with Gasteiger partial charge in [-0.1, -0.05) is 4.49 Å². The molecule has 16 heavy (non-hydrogen) atoms. The van der Waals surface area contributed by atoms with E-state index in [-0.39, 0.29) is 6.03 Å². The summed E-state index contributed by atoms with van der Waals surface area (Å²) in [6, 6.07) is 6.53. The van der Waals surface area contributed by atoms with Crippen LogP contribution in [0.15, 0.2) is 30.5 Å². The largest absolute Gasteiger partial charge is 0.399 e. The van der Waals surface area contributed by atoms with Crippen molar-refractivity contribution in [3.8, 4) is 0 Å². The molecule has 0 aliphatic carbocycles. The molecule has 0 fully saturated rings. The molecule has 0 bridgehead atoms. The summed E-state index contributed by atoms with van der Waals surface area (Å²) in [5.74, 6) is 0. The van der Waals surface area contributed by atoms with Gasteiger partial charge in [0.25, 0.3) is 0 Å². The first-order valence-corrected chi connectivity index (χ1v) is 5.22. The highest BCUT2D eigenvalue weighted by atomic mass is 32.1. The highest BCUT2D eigenvalue weighted by molar-refractivity contribution is 7.10. The molecule has 0 aliphatic heterocycles. The summed E-state index contributed by atoms with van der Waals surface area (Å²) in [5.41, 5.74) is 6.85. The molecule has 0 saturated carbocycles. The van der Waals surface area contributed by atoms with Gasteiger partial charge in [0.1, 0.15) is 5.00 Å². The second-order valence-corrected chi connectivity index (χ2v) is 3.77. The number of anilines is 3. The highest BCUT2D eigenvalue weighted by Crippen LogP contribution is 2.12. The van der Waals surface area contributed by atoms with Gasteiger partial charge >= 0.3 is 6.03 Å². The molecule has 7 heteroatoms. The third-order valence-corrected chi connectivity index (χ3v) is 2.35. The van der Waals surface area contributed by atoms with E-state index < -0.39 is 0 Å². The first kappa shape index (κ1) is 10.4. The molecule has 0 radical (unpaired) electrons. The van der Waals surface area contributed by atoms with Gasteiger partial charge in [0.05, 0.1) is 6.20 Å². The topological polar surface area (TPSA) is 92.9 Å². The SMILES string of the molecule is Nc1ccc(NC(=O)Nc2cnns2)cc1. The van der Waals surface area contributed by atoms with Crippen LogP contribution in [-0.2, 0) is 0 Å². The Morgan fingerprint density at radius 3 is 2.62 bits per heavy atom. The van der Waals surface area contributed by atoms with Crippen LogP contribution in [0.1, 0.15) is 0 Å². The summed E-state index contributed by atoms with van der Waals surface area (Å²) in [6.45, 7) is 0. The van der Waals surface area contributed by atoms with Crippen molar-refractivity contribution in [3.05, 3.63) is 30.5 Å². The van der Waals surface area contributed by atoms with Gasteiger partial charge in [-0.3, -0.25) is 5.32 Å². The van der Waals surface area contributed by atoms with Gasteiger partial charge in [-0.15, -0.1) is 5.10 Å². The van der Waals surface area contributed by atoms with Gasteiger partial charge in [0, 0.05) is 22.9 Å². The summed E-state index contributed by atoms with van der Waals surface area (Å²) in [4.78, 5) is 11.5. The van der Waals surface area contributed by atoms with Crippen molar-refractivity contribution in [2.75, 3.05) is 16.4 Å². The molecular weight excluding hydrogens is 226 g/mol. The fourth-order valence-corrected chi connectivity index (χ4v) is 1.48. The number of carbonyl (C=O) groups is 1. The fourth-order valence-electron chi connectivity index (χ4n) is 1.06. The zero-order chi connectivity index (χ0) is 11.4. The van der Waals surface area contributed by atoms with Crippen LogP contribution in [0.3, 0.4) is 0 Å². The lowest BCUT2D eigenvalue weighted by atomic mass is 10.3. The first-order chi connectivity index (χ1) is 7.74. The van der Waals surface area contributed by atoms with Crippen LogP contribution in [0.4, 0.5) is 21.2 Å². The lowest BCUT2D eigenvalue weighted by Crippen LogP contribution is -2.18. The first-order valence-electron chi connectivity index (χ1n) is 4.45. The van der Waals surface area contributed by atoms with Gasteiger partial charge in [-0.05, 0) is 24.3 Å². The molecule has 1 aromatic heterocycles. The summed E-state index contributed by atoms with van der Waals surface area (Å²) >= 11 is 1.11. The van der Waals surface area contributed by atoms with Crippen molar-refractivity contribution in [2.45, 2.75) is 0 Å². The third kappa shape index (κ3) is 2.67. The molecule has 0 atom stereocenters. The number of carbonyl (C=O) groups excluding carboxylic acids is 1. The molecule has 0 unspecified atom stereocenters. The number of aromatic nitrogens is 2. The van der Waals surface area contributed by atoms with E-state index in [4.69, 9.17) is 5.73 Å². The van der Waals surface area contributed by atoms with E-state index in [0.29, 0.717) is 16.4 Å². The maximum atomic E-state index is 11.5. The maximum absolute atomic E-state index is 11.5. The number of benzene rings is 1. The standard InChI is InChI=1S/C9H9N5OS/c10-6-1-3-7(4-2-6)12-9(15)13-8-5-11-14-16-8/h1-5H,10H2,(H2,12,13,15). The lowest BCUT2D eigenvalue weighted by molar-refractivity contribution is 0.262. The average Bonchev–Trinajstić information content (AvgIpc) is 2.74. The van der Waals surface area contributed by atoms with Crippen molar-refractivity contribution in [2.24, 2.45) is 0 Å². The maximum Gasteiger partial charge on any atom is 0.324 e. The normalized spacial score (nSPS) is 9.75. The Hall–Kier alpha value is -2.15. The second-order valence-electron chi connectivity index (χ2n) is 2.98. The Labute approximate surface area is 95.6 Å². The van der Waals surface area contributed by atoms with E-state index in [1.54, 1.807) is 24.3 Å². The highest BCUT2D eigenvalue weighted by Gasteiger charge is 2.03. The number of hydrogen-bond donors (Lipinski definition) is 3. The number of amides is 2. The van der Waals surface area contributed by atoms with Crippen LogP contribution >= 0.6 is 11.5 Å². The lowest BCUT2D eigenvalue weighted by Gasteiger charge is -2.05. The van der Waals surface area contributed by atoms with Crippen LogP contribution < -0.4 is 16.4 Å². The van der Waals surface area contributed by atoms with Crippen LogP contribution in [0.2, 0.25) is 0 Å². The molecule has 0 spiro atoms. The molecule has 4 N–H and O–H groups in total. The van der Waals surface area contributed by atoms with E-state index in [9.17, 15) is 4.79 Å². The van der Waals surface area contributed by atoms with E-state index in [2.05, 4.69) is 20.2 Å². The van der Waals surface area contributed by atoms with E-state index in [1.807, 2.05) is 0 Å². The van der Waals surface area contributed by atoms with Gasteiger partial charge in [0.2, 0.25) is 0 Å². The van der Waals surface area contributed by atoms with E-state index >= 15 is 0 Å². The zero-order valence-corrected chi connectivity index (χ0v) is 8.99. The summed E-state index contributed by atoms with van der Waals surface area (Å²) < 4.78 is 3.63. The molecule has 0 aliphatic rings. The average molecular weight is 235 g/mol. The smallest absolute Gasteiger partial charge is 0.324 e. The molecule has 2 aromatic rings.